The number of benzene rings is 7. The Morgan fingerprint density at radius 2 is 1.00 bits per heavy atom. The van der Waals surface area contributed by atoms with E-state index in [-0.39, 0.29) is 5.41 Å². The third-order valence-corrected chi connectivity index (χ3v) is 10.8. The maximum atomic E-state index is 6.72. The summed E-state index contributed by atoms with van der Waals surface area (Å²) in [5.41, 5.74) is 10.00. The summed E-state index contributed by atoms with van der Waals surface area (Å²) in [6.45, 7) is 4.50. The van der Waals surface area contributed by atoms with Gasteiger partial charge in [-0.2, -0.15) is 0 Å². The molecule has 0 amide bonds. The number of ether oxygens (including phenoxy) is 1. The number of hydrogen-bond acceptors (Lipinski definition) is 6. The van der Waals surface area contributed by atoms with Gasteiger partial charge < -0.3 is 13.6 Å². The molecule has 0 fully saturated rings. The first-order valence-corrected chi connectivity index (χ1v) is 18.1. The van der Waals surface area contributed by atoms with Crippen LogP contribution in [-0.2, 0) is 5.41 Å². The van der Waals surface area contributed by atoms with Gasteiger partial charge in [0.25, 0.3) is 0 Å². The van der Waals surface area contributed by atoms with E-state index in [2.05, 4.69) is 86.6 Å². The van der Waals surface area contributed by atoms with Crippen LogP contribution < -0.4 is 4.74 Å². The summed E-state index contributed by atoms with van der Waals surface area (Å²) in [7, 11) is 0. The number of furan rings is 2. The molecule has 6 nitrogen and oxygen atoms in total. The first-order chi connectivity index (χ1) is 26.5. The summed E-state index contributed by atoms with van der Waals surface area (Å²) in [4.78, 5) is 15.0. The third-order valence-electron chi connectivity index (χ3n) is 10.8. The Bertz CT molecular complexity index is 3120. The largest absolute Gasteiger partial charge is 0.457 e. The van der Waals surface area contributed by atoms with Gasteiger partial charge in [-0.1, -0.05) is 123 Å². The minimum atomic E-state index is -0.181. The highest BCUT2D eigenvalue weighted by Gasteiger charge is 2.34. The quantitative estimate of drug-likeness (QED) is 0.182. The van der Waals surface area contributed by atoms with Crippen molar-refractivity contribution < 1.29 is 13.6 Å². The van der Waals surface area contributed by atoms with Crippen molar-refractivity contribution in [3.05, 3.63) is 163 Å². The molecule has 1 aliphatic rings. The molecule has 7 aromatic carbocycles. The summed E-state index contributed by atoms with van der Waals surface area (Å²) < 4.78 is 19.4. The molecule has 11 rings (SSSR count). The zero-order valence-corrected chi connectivity index (χ0v) is 29.5. The van der Waals surface area contributed by atoms with Crippen LogP contribution in [0.3, 0.4) is 0 Å². The zero-order valence-electron chi connectivity index (χ0n) is 29.5. The molecular weight excluding hydrogens is 667 g/mol. The number of fused-ring (bicyclic) bond motifs is 8. The lowest BCUT2D eigenvalue weighted by Gasteiger charge is -2.34. The van der Waals surface area contributed by atoms with E-state index in [1.54, 1.807) is 0 Å². The average molecular weight is 698 g/mol. The van der Waals surface area contributed by atoms with Crippen molar-refractivity contribution in [2.75, 3.05) is 0 Å². The highest BCUT2D eigenvalue weighted by Crippen LogP contribution is 2.49. The number of nitrogens with zero attached hydrogens (tertiary/aromatic N) is 3. The number of hydrogen-bond donors (Lipinski definition) is 0. The van der Waals surface area contributed by atoms with Crippen molar-refractivity contribution in [1.29, 1.82) is 0 Å². The number of aromatic nitrogens is 3. The van der Waals surface area contributed by atoms with Crippen LogP contribution in [0.4, 0.5) is 0 Å². The van der Waals surface area contributed by atoms with Crippen molar-refractivity contribution in [2.24, 2.45) is 0 Å². The van der Waals surface area contributed by atoms with Crippen molar-refractivity contribution in [3.8, 4) is 56.8 Å². The van der Waals surface area contributed by atoms with Gasteiger partial charge >= 0.3 is 0 Å². The molecule has 0 spiro atoms. The molecule has 4 heterocycles. The maximum Gasteiger partial charge on any atom is 0.164 e. The molecule has 54 heavy (non-hydrogen) atoms. The molecule has 0 N–H and O–H groups in total. The lowest BCUT2D eigenvalue weighted by molar-refractivity contribution is 0.418. The van der Waals surface area contributed by atoms with Crippen molar-refractivity contribution in [2.45, 2.75) is 19.3 Å². The second-order valence-corrected chi connectivity index (χ2v) is 14.4. The Hall–Kier alpha value is -7.05. The summed E-state index contributed by atoms with van der Waals surface area (Å²) in [5.74, 6) is 3.47. The maximum absolute atomic E-state index is 6.72. The number of rotatable bonds is 4. The Kier molecular flexibility index (Phi) is 6.49. The molecule has 0 radical (unpaired) electrons. The fraction of sp³-hybridized carbons (Fsp3) is 0.0625. The molecule has 10 aromatic rings. The van der Waals surface area contributed by atoms with E-state index in [0.717, 1.165) is 88.8 Å². The second-order valence-electron chi connectivity index (χ2n) is 14.4. The monoisotopic (exact) mass is 697 g/mol. The molecule has 6 heteroatoms. The average Bonchev–Trinajstić information content (AvgIpc) is 3.78. The van der Waals surface area contributed by atoms with Gasteiger partial charge in [-0.3, -0.25) is 0 Å². The van der Waals surface area contributed by atoms with Gasteiger partial charge in [-0.05, 0) is 48.0 Å². The molecule has 0 atom stereocenters. The van der Waals surface area contributed by atoms with Crippen molar-refractivity contribution >= 4 is 43.9 Å². The van der Waals surface area contributed by atoms with E-state index >= 15 is 0 Å². The van der Waals surface area contributed by atoms with Gasteiger partial charge in [-0.25, -0.2) is 15.0 Å². The van der Waals surface area contributed by atoms with Crippen LogP contribution in [0, 0.1) is 0 Å². The molecule has 3 aromatic heterocycles. The predicted octanol–water partition coefficient (Wildman–Crippen LogP) is 12.8. The summed E-state index contributed by atoms with van der Waals surface area (Å²) in [6, 6.07) is 51.5. The van der Waals surface area contributed by atoms with Gasteiger partial charge in [0.05, 0.1) is 0 Å². The molecule has 256 valence electrons. The zero-order chi connectivity index (χ0) is 36.0. The summed E-state index contributed by atoms with van der Waals surface area (Å²) >= 11 is 0. The van der Waals surface area contributed by atoms with Crippen LogP contribution in [0.1, 0.15) is 25.0 Å². The van der Waals surface area contributed by atoms with Crippen LogP contribution in [0.2, 0.25) is 0 Å². The first-order valence-electron chi connectivity index (χ1n) is 18.1. The summed E-state index contributed by atoms with van der Waals surface area (Å²) in [5, 5.41) is 4.20. The highest BCUT2D eigenvalue weighted by atomic mass is 16.5. The van der Waals surface area contributed by atoms with Crippen LogP contribution in [0.15, 0.2) is 160 Å². The van der Waals surface area contributed by atoms with Gasteiger partial charge in [-0.15, -0.1) is 0 Å². The minimum absolute atomic E-state index is 0.181. The van der Waals surface area contributed by atoms with E-state index < -0.39 is 0 Å². The van der Waals surface area contributed by atoms with Gasteiger partial charge in [0.15, 0.2) is 17.5 Å². The first kappa shape index (κ1) is 30.6. The van der Waals surface area contributed by atoms with Crippen LogP contribution in [0.25, 0.3) is 89.2 Å². The van der Waals surface area contributed by atoms with Crippen molar-refractivity contribution in [1.82, 2.24) is 15.0 Å². The molecule has 0 saturated heterocycles. The Morgan fingerprint density at radius 3 is 1.80 bits per heavy atom. The van der Waals surface area contributed by atoms with Crippen LogP contribution >= 0.6 is 0 Å². The smallest absolute Gasteiger partial charge is 0.164 e. The van der Waals surface area contributed by atoms with E-state index in [4.69, 9.17) is 28.5 Å². The fourth-order valence-corrected chi connectivity index (χ4v) is 8.01. The minimum Gasteiger partial charge on any atom is -0.457 e. The molecule has 1 aliphatic heterocycles. The van der Waals surface area contributed by atoms with Crippen molar-refractivity contribution in [3.63, 3.8) is 0 Å². The molecule has 0 saturated carbocycles. The Morgan fingerprint density at radius 1 is 0.407 bits per heavy atom. The van der Waals surface area contributed by atoms with Gasteiger partial charge in [0.2, 0.25) is 0 Å². The van der Waals surface area contributed by atoms with E-state index in [9.17, 15) is 0 Å². The number of para-hydroxylation sites is 3. The highest BCUT2D eigenvalue weighted by molar-refractivity contribution is 6.10. The topological polar surface area (TPSA) is 74.2 Å². The third kappa shape index (κ3) is 4.70. The van der Waals surface area contributed by atoms with E-state index in [1.807, 2.05) is 78.9 Å². The van der Waals surface area contributed by atoms with Crippen LogP contribution in [0.5, 0.6) is 11.5 Å². The Balaban J connectivity index is 1.03. The molecular formula is C48H31N3O3. The normalized spacial score (nSPS) is 13.3. The molecule has 0 unspecified atom stereocenters. The van der Waals surface area contributed by atoms with E-state index in [0.29, 0.717) is 17.5 Å². The van der Waals surface area contributed by atoms with E-state index in [1.165, 1.54) is 5.56 Å². The molecule has 0 aliphatic carbocycles. The lowest BCUT2D eigenvalue weighted by Crippen LogP contribution is -2.24. The second kappa shape index (κ2) is 11.5. The molecule has 0 bridgehead atoms. The van der Waals surface area contributed by atoms with Gasteiger partial charge in [0.1, 0.15) is 33.8 Å². The standard InChI is InChI=1S/C48H31N3O3/c1-48(2)37-16-7-9-18-40(37)53-43-25-29(21-24-38(43)48)32-14-10-15-36-35-23-20-31(27-42(35)54-44(32)36)47-50-45(28-11-4-3-5-12-28)49-46(51-47)30-19-22-34-33-13-6-8-17-39(33)52-41(34)26-30/h3-27H,1-2H3. The SMILES string of the molecule is CC1(C)c2ccccc2Oc2cc(-c3cccc4c3oc3cc(-c5nc(-c6ccccc6)nc(-c6ccc7c(c6)oc6ccccc67)n5)ccc34)ccc21. The lowest BCUT2D eigenvalue weighted by atomic mass is 9.75. The fourth-order valence-electron chi connectivity index (χ4n) is 8.01. The van der Waals surface area contributed by atoms with Crippen LogP contribution in [-0.4, -0.2) is 15.0 Å². The predicted molar refractivity (Wildman–Crippen MR) is 215 cm³/mol. The van der Waals surface area contributed by atoms with Gasteiger partial charge in [0, 0.05) is 60.3 Å². The summed E-state index contributed by atoms with van der Waals surface area (Å²) in [6.07, 6.45) is 0. The Labute approximate surface area is 310 Å².